The Morgan fingerprint density at radius 3 is 2.93 bits per heavy atom. The molecular weight excluding hydrogens is 545 g/mol. The Morgan fingerprint density at radius 1 is 1.37 bits per heavy atom. The smallest absolute Gasteiger partial charge is 0.231 e. The molecule has 3 rings (SSSR count). The van der Waals surface area contributed by atoms with Gasteiger partial charge < -0.3 is 20.1 Å². The normalized spacial score (nSPS) is 22.7. The minimum absolute atomic E-state index is 0. The number of nitrogens with zero attached hydrogens (tertiary/aromatic N) is 1. The van der Waals surface area contributed by atoms with Gasteiger partial charge in [0, 0.05) is 41.4 Å². The van der Waals surface area contributed by atoms with Crippen LogP contribution >= 0.6 is 39.9 Å². The molecule has 6 nitrogen and oxygen atoms in total. The minimum Gasteiger partial charge on any atom is -0.454 e. The molecule has 0 bridgehead atoms. The topological polar surface area (TPSA) is 72.0 Å². The highest BCUT2D eigenvalue weighted by atomic mass is 127. The molecule has 2 N–H and O–H groups in total. The Morgan fingerprint density at radius 2 is 2.19 bits per heavy atom. The maximum absolute atomic E-state index is 12.1. The zero-order valence-corrected chi connectivity index (χ0v) is 20.4. The monoisotopic (exact) mass is 571 g/mol. The second-order valence-electron chi connectivity index (χ2n) is 6.54. The Balaban J connectivity index is 0.00000261. The van der Waals surface area contributed by atoms with Crippen molar-refractivity contribution in [2.75, 3.05) is 19.6 Å². The van der Waals surface area contributed by atoms with Crippen LogP contribution in [-0.2, 0) is 17.3 Å². The predicted octanol–water partition coefficient (Wildman–Crippen LogP) is 3.54. The summed E-state index contributed by atoms with van der Waals surface area (Å²) in [5.41, 5.74) is 1.08. The number of nitrogens with one attached hydrogen (secondary N) is 2. The number of benzene rings is 1. The van der Waals surface area contributed by atoms with Crippen LogP contribution in [0.25, 0.3) is 0 Å². The maximum atomic E-state index is 12.1. The van der Waals surface area contributed by atoms with Crippen molar-refractivity contribution in [2.24, 2.45) is 4.99 Å². The molecule has 1 fully saturated rings. The molecule has 27 heavy (non-hydrogen) atoms. The Bertz CT molecular complexity index is 705. The first kappa shape index (κ1) is 22.7. The highest BCUT2D eigenvalue weighted by Crippen LogP contribution is 2.39. The highest BCUT2D eigenvalue weighted by molar-refractivity contribution is 14.0. The van der Waals surface area contributed by atoms with Gasteiger partial charge in [0.15, 0.2) is 17.5 Å². The SMILES string of the molecule is CCS(=O)C1CCCC(NC(=NC)NCc2cc(Br)c3c(c2)OCO3)C1.I. The van der Waals surface area contributed by atoms with Gasteiger partial charge in [-0.3, -0.25) is 9.20 Å². The molecule has 3 unspecified atom stereocenters. The first-order valence-electron chi connectivity index (χ1n) is 9.03. The third kappa shape index (κ3) is 5.96. The molecular formula is C18H27BrIN3O3S. The lowest BCUT2D eigenvalue weighted by molar-refractivity contribution is 0.173. The van der Waals surface area contributed by atoms with E-state index in [2.05, 4.69) is 31.6 Å². The number of halogens is 2. The number of fused-ring (bicyclic) bond motifs is 1. The molecule has 2 aliphatic rings. The van der Waals surface area contributed by atoms with Gasteiger partial charge in [-0.2, -0.15) is 0 Å². The molecule has 0 amide bonds. The lowest BCUT2D eigenvalue weighted by atomic mass is 9.95. The van der Waals surface area contributed by atoms with Gasteiger partial charge in [-0.15, -0.1) is 24.0 Å². The molecule has 0 spiro atoms. The van der Waals surface area contributed by atoms with E-state index in [0.29, 0.717) is 17.8 Å². The van der Waals surface area contributed by atoms with Gasteiger partial charge in [-0.1, -0.05) is 13.3 Å². The van der Waals surface area contributed by atoms with Crippen molar-refractivity contribution >= 4 is 56.7 Å². The number of guanidine groups is 1. The summed E-state index contributed by atoms with van der Waals surface area (Å²) in [5.74, 6) is 3.03. The number of hydrogen-bond donors (Lipinski definition) is 2. The summed E-state index contributed by atoms with van der Waals surface area (Å²) in [6, 6.07) is 4.32. The highest BCUT2D eigenvalue weighted by Gasteiger charge is 2.26. The zero-order chi connectivity index (χ0) is 18.5. The van der Waals surface area contributed by atoms with Crippen LogP contribution in [0.3, 0.4) is 0 Å². The van der Waals surface area contributed by atoms with E-state index in [1.165, 1.54) is 0 Å². The molecule has 0 radical (unpaired) electrons. The van der Waals surface area contributed by atoms with Crippen LogP contribution in [0, 0.1) is 0 Å². The summed E-state index contributed by atoms with van der Waals surface area (Å²) in [7, 11) is 1.05. The number of rotatable bonds is 5. The van der Waals surface area contributed by atoms with Crippen LogP contribution in [0.5, 0.6) is 11.5 Å². The van der Waals surface area contributed by atoms with Gasteiger partial charge in [0.2, 0.25) is 6.79 Å². The fraction of sp³-hybridized carbons (Fsp3) is 0.611. The van der Waals surface area contributed by atoms with Gasteiger partial charge in [0.1, 0.15) is 0 Å². The molecule has 0 aromatic heterocycles. The molecule has 1 aliphatic carbocycles. The average molecular weight is 572 g/mol. The van der Waals surface area contributed by atoms with E-state index in [1.807, 2.05) is 19.1 Å². The summed E-state index contributed by atoms with van der Waals surface area (Å²) in [6.07, 6.45) is 4.21. The summed E-state index contributed by atoms with van der Waals surface area (Å²) >= 11 is 3.52. The number of hydrogen-bond acceptors (Lipinski definition) is 4. The molecule has 1 aromatic carbocycles. The van der Waals surface area contributed by atoms with Crippen LogP contribution in [0.2, 0.25) is 0 Å². The second kappa shape index (κ2) is 10.8. The summed E-state index contributed by atoms with van der Waals surface area (Å²) in [4.78, 5) is 4.33. The van der Waals surface area contributed by atoms with E-state index in [-0.39, 0.29) is 30.8 Å². The van der Waals surface area contributed by atoms with Crippen molar-refractivity contribution in [2.45, 2.75) is 50.4 Å². The van der Waals surface area contributed by atoms with Crippen molar-refractivity contribution in [3.8, 4) is 11.5 Å². The van der Waals surface area contributed by atoms with Gasteiger partial charge in [0.25, 0.3) is 0 Å². The second-order valence-corrected chi connectivity index (χ2v) is 9.40. The Kier molecular flexibility index (Phi) is 9.13. The van der Waals surface area contributed by atoms with E-state index in [1.54, 1.807) is 7.05 Å². The van der Waals surface area contributed by atoms with Crippen molar-refractivity contribution in [3.05, 3.63) is 22.2 Å². The minimum atomic E-state index is -0.718. The molecule has 1 aromatic rings. The van der Waals surface area contributed by atoms with Crippen molar-refractivity contribution < 1.29 is 13.7 Å². The van der Waals surface area contributed by atoms with Crippen molar-refractivity contribution in [1.29, 1.82) is 0 Å². The van der Waals surface area contributed by atoms with Crippen LogP contribution in [-0.4, -0.2) is 41.1 Å². The third-order valence-corrected chi connectivity index (χ3v) is 7.12. The number of aliphatic imine (C=N–C) groups is 1. The first-order chi connectivity index (χ1) is 12.6. The van der Waals surface area contributed by atoms with Crippen molar-refractivity contribution in [3.63, 3.8) is 0 Å². The quantitative estimate of drug-likeness (QED) is 0.321. The van der Waals surface area contributed by atoms with Gasteiger partial charge in [0.05, 0.1) is 4.47 Å². The van der Waals surface area contributed by atoms with Crippen molar-refractivity contribution in [1.82, 2.24) is 10.6 Å². The van der Waals surface area contributed by atoms with E-state index in [4.69, 9.17) is 9.47 Å². The van der Waals surface area contributed by atoms with E-state index in [0.717, 1.165) is 58.9 Å². The van der Waals surface area contributed by atoms with E-state index >= 15 is 0 Å². The van der Waals surface area contributed by atoms with E-state index in [9.17, 15) is 4.21 Å². The Hall–Kier alpha value is -0.550. The Labute approximate surface area is 188 Å². The molecule has 1 heterocycles. The van der Waals surface area contributed by atoms with Crippen LogP contribution in [0.4, 0.5) is 0 Å². The predicted molar refractivity (Wildman–Crippen MR) is 124 cm³/mol. The largest absolute Gasteiger partial charge is 0.454 e. The molecule has 1 aliphatic heterocycles. The summed E-state index contributed by atoms with van der Waals surface area (Å²) in [5, 5.41) is 7.14. The number of ether oxygens (including phenoxy) is 2. The van der Waals surface area contributed by atoms with Crippen LogP contribution in [0.1, 0.15) is 38.2 Å². The first-order valence-corrected chi connectivity index (χ1v) is 11.2. The van der Waals surface area contributed by atoms with E-state index < -0.39 is 10.8 Å². The molecule has 3 atom stereocenters. The van der Waals surface area contributed by atoms with Gasteiger partial charge in [-0.25, -0.2) is 0 Å². The maximum Gasteiger partial charge on any atom is 0.231 e. The molecule has 152 valence electrons. The average Bonchev–Trinajstić information content (AvgIpc) is 3.14. The molecule has 1 saturated carbocycles. The summed E-state index contributed by atoms with van der Waals surface area (Å²) < 4.78 is 23.9. The standard InChI is InChI=1S/C18H26BrN3O3S.HI/c1-3-26(23)14-6-4-5-13(9-14)22-18(20-2)21-10-12-7-15(19)17-16(8-12)24-11-25-17;/h7-8,13-14H,3-6,9-11H2,1-2H3,(H2,20,21,22);1H. The third-order valence-electron chi connectivity index (χ3n) is 4.79. The van der Waals surface area contributed by atoms with Crippen LogP contribution in [0.15, 0.2) is 21.6 Å². The fourth-order valence-electron chi connectivity index (χ4n) is 3.45. The molecule has 9 heteroatoms. The summed E-state index contributed by atoms with van der Waals surface area (Å²) in [6.45, 7) is 2.89. The van der Waals surface area contributed by atoms with Gasteiger partial charge >= 0.3 is 0 Å². The lowest BCUT2D eigenvalue weighted by Crippen LogP contribution is -2.46. The molecule has 0 saturated heterocycles. The zero-order valence-electron chi connectivity index (χ0n) is 15.6. The fourth-order valence-corrected chi connectivity index (χ4v) is 5.40. The van der Waals surface area contributed by atoms with Gasteiger partial charge in [-0.05, 0) is 52.9 Å². The lowest BCUT2D eigenvalue weighted by Gasteiger charge is -2.30. The van der Waals surface area contributed by atoms with Crippen LogP contribution < -0.4 is 20.1 Å².